The van der Waals surface area contributed by atoms with Crippen molar-refractivity contribution in [2.45, 2.75) is 45.9 Å². The quantitative estimate of drug-likeness (QED) is 0.787. The lowest BCUT2D eigenvalue weighted by atomic mass is 9.64. The van der Waals surface area contributed by atoms with Crippen LogP contribution in [0.15, 0.2) is 24.3 Å². The van der Waals surface area contributed by atoms with Crippen LogP contribution in [0.5, 0.6) is 0 Å². The first kappa shape index (κ1) is 13.4. The summed E-state index contributed by atoms with van der Waals surface area (Å²) >= 11 is 0. The highest BCUT2D eigenvalue weighted by atomic mass is 16.5. The molecule has 1 aliphatic rings. The van der Waals surface area contributed by atoms with E-state index in [4.69, 9.17) is 10.5 Å². The summed E-state index contributed by atoms with van der Waals surface area (Å²) in [4.78, 5) is 0. The molecule has 0 bridgehead atoms. The predicted molar refractivity (Wildman–Crippen MR) is 75.3 cm³/mol. The van der Waals surface area contributed by atoms with Crippen molar-refractivity contribution >= 4 is 5.69 Å². The highest BCUT2D eigenvalue weighted by Crippen LogP contribution is 2.42. The Hall–Kier alpha value is -1.06. The van der Waals surface area contributed by atoms with Crippen molar-refractivity contribution in [3.63, 3.8) is 0 Å². The predicted octanol–water partition coefficient (Wildman–Crippen LogP) is 2.56. The Morgan fingerprint density at radius 3 is 2.72 bits per heavy atom. The Morgan fingerprint density at radius 1 is 1.39 bits per heavy atom. The molecule has 3 N–H and O–H groups in total. The van der Waals surface area contributed by atoms with E-state index in [1.165, 1.54) is 5.56 Å². The van der Waals surface area contributed by atoms with Crippen LogP contribution >= 0.6 is 0 Å². The van der Waals surface area contributed by atoms with E-state index in [2.05, 4.69) is 32.2 Å². The summed E-state index contributed by atoms with van der Waals surface area (Å²) in [5.74, 6) is 0. The second-order valence-electron chi connectivity index (χ2n) is 5.63. The molecule has 0 aromatic heterocycles. The zero-order valence-corrected chi connectivity index (χ0v) is 11.6. The summed E-state index contributed by atoms with van der Waals surface area (Å²) in [5, 5.41) is 3.59. The number of nitrogens with one attached hydrogen (secondary N) is 1. The van der Waals surface area contributed by atoms with E-state index in [9.17, 15) is 0 Å². The van der Waals surface area contributed by atoms with Gasteiger partial charge in [0.2, 0.25) is 0 Å². The van der Waals surface area contributed by atoms with Crippen LogP contribution in [0.3, 0.4) is 0 Å². The average Bonchev–Trinajstić information content (AvgIpc) is 2.35. The van der Waals surface area contributed by atoms with Crippen LogP contribution in [0, 0.1) is 5.41 Å². The first-order valence-electron chi connectivity index (χ1n) is 6.74. The number of rotatable bonds is 5. The smallest absolute Gasteiger partial charge is 0.0655 e. The third kappa shape index (κ3) is 2.52. The maximum atomic E-state index is 5.94. The minimum Gasteiger partial charge on any atom is -0.398 e. The van der Waals surface area contributed by atoms with Crippen LogP contribution < -0.4 is 11.1 Å². The van der Waals surface area contributed by atoms with Gasteiger partial charge >= 0.3 is 0 Å². The van der Waals surface area contributed by atoms with Gasteiger partial charge in [-0.3, -0.25) is 0 Å². The summed E-state index contributed by atoms with van der Waals surface area (Å²) in [6.45, 7) is 8.22. The number of benzene rings is 1. The van der Waals surface area contributed by atoms with Gasteiger partial charge < -0.3 is 15.8 Å². The molecule has 2 atom stereocenters. The van der Waals surface area contributed by atoms with E-state index in [-0.39, 0.29) is 5.41 Å². The standard InChI is InChI=1S/C15H24N2O/c1-4-18-14-9-13(15(14,2)3)17-10-11-7-5-6-8-12(11)16/h5-8,13-14,17H,4,9-10,16H2,1-3H3. The summed E-state index contributed by atoms with van der Waals surface area (Å²) in [7, 11) is 0. The molecule has 0 radical (unpaired) electrons. The van der Waals surface area contributed by atoms with Crippen molar-refractivity contribution in [3.05, 3.63) is 29.8 Å². The summed E-state index contributed by atoms with van der Waals surface area (Å²) < 4.78 is 5.73. The lowest BCUT2D eigenvalue weighted by Crippen LogP contribution is -2.60. The summed E-state index contributed by atoms with van der Waals surface area (Å²) in [6, 6.07) is 8.54. The van der Waals surface area contributed by atoms with E-state index in [0.717, 1.165) is 25.3 Å². The molecule has 18 heavy (non-hydrogen) atoms. The third-order valence-electron chi connectivity index (χ3n) is 4.14. The fraction of sp³-hybridized carbons (Fsp3) is 0.600. The van der Waals surface area contributed by atoms with Crippen LogP contribution in [-0.4, -0.2) is 18.8 Å². The second-order valence-corrected chi connectivity index (χ2v) is 5.63. The monoisotopic (exact) mass is 248 g/mol. The molecule has 1 saturated carbocycles. The Morgan fingerprint density at radius 2 is 2.11 bits per heavy atom. The Balaban J connectivity index is 1.88. The molecular weight excluding hydrogens is 224 g/mol. The van der Waals surface area contributed by atoms with Gasteiger partial charge in [-0.15, -0.1) is 0 Å². The second kappa shape index (κ2) is 5.29. The van der Waals surface area contributed by atoms with Crippen molar-refractivity contribution in [1.29, 1.82) is 0 Å². The normalized spacial score (nSPS) is 25.7. The fourth-order valence-electron chi connectivity index (χ4n) is 2.64. The minimum absolute atomic E-state index is 0.208. The van der Waals surface area contributed by atoms with Crippen molar-refractivity contribution in [3.8, 4) is 0 Å². The van der Waals surface area contributed by atoms with Gasteiger partial charge in [0.1, 0.15) is 0 Å². The molecule has 0 amide bonds. The molecule has 3 heteroatoms. The van der Waals surface area contributed by atoms with Crippen LogP contribution in [0.2, 0.25) is 0 Å². The van der Waals surface area contributed by atoms with Crippen molar-refractivity contribution < 1.29 is 4.74 Å². The lowest BCUT2D eigenvalue weighted by molar-refractivity contribution is -0.114. The average molecular weight is 248 g/mol. The fourth-order valence-corrected chi connectivity index (χ4v) is 2.64. The highest BCUT2D eigenvalue weighted by Gasteiger charge is 2.48. The van der Waals surface area contributed by atoms with Crippen LogP contribution in [0.1, 0.15) is 32.8 Å². The van der Waals surface area contributed by atoms with E-state index >= 15 is 0 Å². The maximum Gasteiger partial charge on any atom is 0.0655 e. The van der Waals surface area contributed by atoms with E-state index in [1.54, 1.807) is 0 Å². The number of nitrogen functional groups attached to an aromatic ring is 1. The molecular formula is C15H24N2O. The largest absolute Gasteiger partial charge is 0.398 e. The van der Waals surface area contributed by atoms with Gasteiger partial charge in [0.15, 0.2) is 0 Å². The van der Waals surface area contributed by atoms with E-state index in [0.29, 0.717) is 12.1 Å². The molecule has 0 saturated heterocycles. The topological polar surface area (TPSA) is 47.3 Å². The lowest BCUT2D eigenvalue weighted by Gasteiger charge is -2.52. The first-order chi connectivity index (χ1) is 8.55. The zero-order chi connectivity index (χ0) is 13.2. The number of anilines is 1. The molecule has 2 rings (SSSR count). The Labute approximate surface area is 110 Å². The maximum absolute atomic E-state index is 5.94. The van der Waals surface area contributed by atoms with E-state index < -0.39 is 0 Å². The van der Waals surface area contributed by atoms with Crippen molar-refractivity contribution in [2.24, 2.45) is 5.41 Å². The van der Waals surface area contributed by atoms with Gasteiger partial charge in [-0.05, 0) is 25.0 Å². The third-order valence-corrected chi connectivity index (χ3v) is 4.14. The van der Waals surface area contributed by atoms with Gasteiger partial charge in [-0.2, -0.15) is 0 Å². The highest BCUT2D eigenvalue weighted by molar-refractivity contribution is 5.46. The first-order valence-corrected chi connectivity index (χ1v) is 6.74. The number of nitrogens with two attached hydrogens (primary N) is 1. The summed E-state index contributed by atoms with van der Waals surface area (Å²) in [5.41, 5.74) is 8.19. The molecule has 2 unspecified atom stereocenters. The van der Waals surface area contributed by atoms with Gasteiger partial charge in [-0.1, -0.05) is 32.0 Å². The van der Waals surface area contributed by atoms with Gasteiger partial charge in [-0.25, -0.2) is 0 Å². The number of para-hydroxylation sites is 1. The molecule has 0 heterocycles. The van der Waals surface area contributed by atoms with Crippen molar-refractivity contribution in [1.82, 2.24) is 5.32 Å². The van der Waals surface area contributed by atoms with Crippen LogP contribution in [0.4, 0.5) is 5.69 Å². The molecule has 1 aliphatic carbocycles. The van der Waals surface area contributed by atoms with Gasteiger partial charge in [0.05, 0.1) is 6.10 Å². The molecule has 0 aliphatic heterocycles. The van der Waals surface area contributed by atoms with Gasteiger partial charge in [0.25, 0.3) is 0 Å². The number of hydrogen-bond acceptors (Lipinski definition) is 3. The Bertz CT molecular complexity index is 403. The number of ether oxygens (including phenoxy) is 1. The molecule has 1 fully saturated rings. The SMILES string of the molecule is CCOC1CC(NCc2ccccc2N)C1(C)C. The van der Waals surface area contributed by atoms with E-state index in [1.807, 2.05) is 18.2 Å². The minimum atomic E-state index is 0.208. The van der Waals surface area contributed by atoms with Crippen molar-refractivity contribution in [2.75, 3.05) is 12.3 Å². The van der Waals surface area contributed by atoms with Gasteiger partial charge in [0, 0.05) is 30.3 Å². The van der Waals surface area contributed by atoms with Crippen LogP contribution in [0.25, 0.3) is 0 Å². The summed E-state index contributed by atoms with van der Waals surface area (Å²) in [6.07, 6.45) is 1.47. The van der Waals surface area contributed by atoms with Crippen LogP contribution in [-0.2, 0) is 11.3 Å². The molecule has 100 valence electrons. The Kier molecular flexibility index (Phi) is 3.93. The molecule has 3 nitrogen and oxygen atoms in total. The zero-order valence-electron chi connectivity index (χ0n) is 11.6. The molecule has 1 aromatic rings. The number of hydrogen-bond donors (Lipinski definition) is 2. The molecule has 1 aromatic carbocycles. The molecule has 0 spiro atoms.